The second-order valence-corrected chi connectivity index (χ2v) is 8.08. The number of hydrogen-bond acceptors (Lipinski definition) is 7. The average Bonchev–Trinajstić information content (AvgIpc) is 2.68. The summed E-state index contributed by atoms with van der Waals surface area (Å²) in [4.78, 5) is 22.1. The lowest BCUT2D eigenvalue weighted by Gasteiger charge is -2.17. The molecule has 29 heavy (non-hydrogen) atoms. The summed E-state index contributed by atoms with van der Waals surface area (Å²) in [5.41, 5.74) is 3.34. The summed E-state index contributed by atoms with van der Waals surface area (Å²) in [6.45, 7) is 1.28. The second-order valence-electron chi connectivity index (χ2n) is 6.03. The molecule has 2 rings (SSSR count). The van der Waals surface area contributed by atoms with Gasteiger partial charge in [-0.2, -0.15) is 9.41 Å². The monoisotopic (exact) mass is 420 g/mol. The Labute approximate surface area is 168 Å². The SMILES string of the molecule is COc1ccc(S(=O)(=O)N(C)CC(=O)NN=Cc2ccc([N+](=O)[O-])cc2)cc1C. The van der Waals surface area contributed by atoms with Gasteiger partial charge in [-0.05, 0) is 48.4 Å². The fourth-order valence-electron chi connectivity index (χ4n) is 2.37. The summed E-state index contributed by atoms with van der Waals surface area (Å²) in [5, 5.41) is 14.3. The lowest BCUT2D eigenvalue weighted by molar-refractivity contribution is -0.384. The van der Waals surface area contributed by atoms with Crippen LogP contribution in [0.1, 0.15) is 11.1 Å². The number of carbonyl (C=O) groups is 1. The number of nitrogens with one attached hydrogen (secondary N) is 1. The van der Waals surface area contributed by atoms with Crippen LogP contribution in [0.25, 0.3) is 0 Å². The molecule has 2 aromatic rings. The van der Waals surface area contributed by atoms with Crippen molar-refractivity contribution in [2.45, 2.75) is 11.8 Å². The molecular weight excluding hydrogens is 400 g/mol. The number of nitro groups is 1. The zero-order valence-electron chi connectivity index (χ0n) is 16.0. The standard InChI is InChI=1S/C18H20N4O6S/c1-13-10-16(8-9-17(13)28-3)29(26,27)21(2)12-18(23)20-19-11-14-4-6-15(7-5-14)22(24)25/h4-11H,12H2,1-3H3,(H,20,23). The van der Waals surface area contributed by atoms with Crippen LogP contribution in [0.3, 0.4) is 0 Å². The van der Waals surface area contributed by atoms with Gasteiger partial charge in [0.15, 0.2) is 0 Å². The number of non-ortho nitro benzene ring substituents is 1. The van der Waals surface area contributed by atoms with E-state index in [9.17, 15) is 23.3 Å². The first-order valence-corrected chi connectivity index (χ1v) is 9.76. The molecule has 0 unspecified atom stereocenters. The Hall–Kier alpha value is -3.31. The van der Waals surface area contributed by atoms with Crippen molar-refractivity contribution in [3.63, 3.8) is 0 Å². The Bertz CT molecular complexity index is 1030. The first kappa shape index (κ1) is 22.0. The van der Waals surface area contributed by atoms with Crippen LogP contribution in [0.2, 0.25) is 0 Å². The number of nitrogens with zero attached hydrogens (tertiary/aromatic N) is 3. The zero-order valence-corrected chi connectivity index (χ0v) is 16.8. The van der Waals surface area contributed by atoms with Crippen molar-refractivity contribution in [2.24, 2.45) is 5.10 Å². The summed E-state index contributed by atoms with van der Waals surface area (Å²) >= 11 is 0. The molecule has 0 heterocycles. The Balaban J connectivity index is 1.98. The maximum Gasteiger partial charge on any atom is 0.269 e. The first-order valence-electron chi connectivity index (χ1n) is 8.32. The summed E-state index contributed by atoms with van der Waals surface area (Å²) in [5.74, 6) is -0.0793. The molecule has 0 fully saturated rings. The van der Waals surface area contributed by atoms with Gasteiger partial charge in [-0.15, -0.1) is 0 Å². The fourth-order valence-corrected chi connectivity index (χ4v) is 3.59. The van der Waals surface area contributed by atoms with Crippen LogP contribution in [0, 0.1) is 17.0 Å². The van der Waals surface area contributed by atoms with E-state index in [-0.39, 0.29) is 10.6 Å². The van der Waals surface area contributed by atoms with E-state index < -0.39 is 27.4 Å². The number of hydrazone groups is 1. The largest absolute Gasteiger partial charge is 0.496 e. The van der Waals surface area contributed by atoms with Crippen LogP contribution in [0.4, 0.5) is 5.69 Å². The van der Waals surface area contributed by atoms with Crippen molar-refractivity contribution in [2.75, 3.05) is 20.7 Å². The molecule has 2 aromatic carbocycles. The highest BCUT2D eigenvalue weighted by Crippen LogP contribution is 2.23. The van der Waals surface area contributed by atoms with Crippen molar-refractivity contribution in [3.8, 4) is 5.75 Å². The Morgan fingerprint density at radius 1 is 1.28 bits per heavy atom. The highest BCUT2D eigenvalue weighted by Gasteiger charge is 2.23. The van der Waals surface area contributed by atoms with Crippen LogP contribution < -0.4 is 10.2 Å². The molecule has 0 saturated heterocycles. The minimum absolute atomic E-state index is 0.0421. The average molecular weight is 420 g/mol. The van der Waals surface area contributed by atoms with Crippen molar-refractivity contribution >= 4 is 27.8 Å². The molecule has 0 atom stereocenters. The summed E-state index contributed by atoms with van der Waals surface area (Å²) in [7, 11) is -1.09. The molecule has 0 aliphatic rings. The van der Waals surface area contributed by atoms with Crippen molar-refractivity contribution in [1.29, 1.82) is 0 Å². The van der Waals surface area contributed by atoms with Gasteiger partial charge in [0.05, 0.1) is 29.7 Å². The van der Waals surface area contributed by atoms with Gasteiger partial charge in [-0.3, -0.25) is 14.9 Å². The highest BCUT2D eigenvalue weighted by atomic mass is 32.2. The van der Waals surface area contributed by atoms with E-state index in [1.54, 1.807) is 13.0 Å². The van der Waals surface area contributed by atoms with Crippen LogP contribution in [-0.4, -0.2) is 50.5 Å². The summed E-state index contributed by atoms with van der Waals surface area (Å²) in [6, 6.07) is 9.97. The normalized spacial score (nSPS) is 11.6. The van der Waals surface area contributed by atoms with Gasteiger partial charge < -0.3 is 4.74 Å². The molecular formula is C18H20N4O6S. The van der Waals surface area contributed by atoms with Gasteiger partial charge in [-0.1, -0.05) is 0 Å². The van der Waals surface area contributed by atoms with Crippen molar-refractivity contribution < 1.29 is 22.9 Å². The molecule has 11 heteroatoms. The van der Waals surface area contributed by atoms with Crippen LogP contribution >= 0.6 is 0 Å². The van der Waals surface area contributed by atoms with E-state index in [0.717, 1.165) is 4.31 Å². The topological polar surface area (TPSA) is 131 Å². The van der Waals surface area contributed by atoms with Crippen LogP contribution in [0.15, 0.2) is 52.5 Å². The molecule has 0 aliphatic heterocycles. The Morgan fingerprint density at radius 3 is 2.48 bits per heavy atom. The molecule has 0 aromatic heterocycles. The second kappa shape index (κ2) is 9.26. The number of methoxy groups -OCH3 is 1. The third-order valence-corrected chi connectivity index (χ3v) is 5.75. The van der Waals surface area contributed by atoms with Gasteiger partial charge in [0, 0.05) is 19.2 Å². The van der Waals surface area contributed by atoms with Gasteiger partial charge >= 0.3 is 0 Å². The highest BCUT2D eigenvalue weighted by molar-refractivity contribution is 7.89. The maximum absolute atomic E-state index is 12.6. The van der Waals surface area contributed by atoms with E-state index in [1.165, 1.54) is 56.8 Å². The third kappa shape index (κ3) is 5.59. The number of benzene rings is 2. The number of amides is 1. The van der Waals surface area contributed by atoms with Crippen LogP contribution in [-0.2, 0) is 14.8 Å². The number of hydrogen-bond donors (Lipinski definition) is 1. The minimum Gasteiger partial charge on any atom is -0.496 e. The molecule has 0 aliphatic carbocycles. The van der Waals surface area contributed by atoms with E-state index >= 15 is 0 Å². The van der Waals surface area contributed by atoms with Gasteiger partial charge in [0.1, 0.15) is 5.75 Å². The molecule has 154 valence electrons. The van der Waals surface area contributed by atoms with E-state index in [1.807, 2.05) is 0 Å². The minimum atomic E-state index is -3.87. The number of ether oxygens (including phenoxy) is 1. The van der Waals surface area contributed by atoms with Crippen molar-refractivity contribution in [1.82, 2.24) is 9.73 Å². The molecule has 0 bridgehead atoms. The Morgan fingerprint density at radius 2 is 1.93 bits per heavy atom. The number of sulfonamides is 1. The molecule has 0 spiro atoms. The van der Waals surface area contributed by atoms with E-state index in [4.69, 9.17) is 4.74 Å². The zero-order chi connectivity index (χ0) is 21.6. The molecule has 0 saturated carbocycles. The van der Waals surface area contributed by atoms with Crippen LogP contribution in [0.5, 0.6) is 5.75 Å². The molecule has 10 nitrogen and oxygen atoms in total. The first-order chi connectivity index (χ1) is 13.6. The number of rotatable bonds is 8. The van der Waals surface area contributed by atoms with Crippen molar-refractivity contribution in [3.05, 3.63) is 63.7 Å². The number of carbonyl (C=O) groups excluding carboxylic acids is 1. The quantitative estimate of drug-likeness (QED) is 0.393. The van der Waals surface area contributed by atoms with Gasteiger partial charge in [0.25, 0.3) is 11.6 Å². The smallest absolute Gasteiger partial charge is 0.269 e. The maximum atomic E-state index is 12.6. The lowest BCUT2D eigenvalue weighted by atomic mass is 10.2. The number of aryl methyl sites for hydroxylation is 1. The summed E-state index contributed by atoms with van der Waals surface area (Å²) in [6.07, 6.45) is 1.29. The molecule has 1 amide bonds. The van der Waals surface area contributed by atoms with E-state index in [0.29, 0.717) is 16.9 Å². The predicted molar refractivity (Wildman–Crippen MR) is 106 cm³/mol. The van der Waals surface area contributed by atoms with Gasteiger partial charge in [-0.25, -0.2) is 13.8 Å². The predicted octanol–water partition coefficient (Wildman–Crippen LogP) is 1.68. The van der Waals surface area contributed by atoms with E-state index in [2.05, 4.69) is 10.5 Å². The molecule has 0 radical (unpaired) electrons. The van der Waals surface area contributed by atoms with Gasteiger partial charge in [0.2, 0.25) is 10.0 Å². The third-order valence-electron chi connectivity index (χ3n) is 3.95. The fraction of sp³-hybridized carbons (Fsp3) is 0.222. The number of likely N-dealkylation sites (N-methyl/N-ethyl adjacent to an activating group) is 1. The summed E-state index contributed by atoms with van der Waals surface area (Å²) < 4.78 is 31.2. The number of nitro benzene ring substituents is 1. The lowest BCUT2D eigenvalue weighted by Crippen LogP contribution is -2.36. The molecule has 1 N–H and O–H groups in total. The Kier molecular flexibility index (Phi) is 7.02.